The molecule has 0 spiro atoms. The van der Waals surface area contributed by atoms with Crippen LogP contribution < -0.4 is 5.32 Å². The number of carbonyl (C=O) groups excluding carboxylic acids is 3. The van der Waals surface area contributed by atoms with E-state index in [0.29, 0.717) is 5.02 Å². The van der Waals surface area contributed by atoms with Gasteiger partial charge in [-0.05, 0) is 59.4 Å². The molecule has 1 aliphatic heterocycles. The monoisotopic (exact) mass is 849 g/mol. The number of aliphatic hydroxyl groups excluding tert-OH is 1. The van der Waals surface area contributed by atoms with Crippen molar-refractivity contribution in [1.29, 1.82) is 0 Å². The molecule has 6 aromatic carbocycles. The maximum absolute atomic E-state index is 15.6. The Balaban J connectivity index is 1.20. The van der Waals surface area contributed by atoms with E-state index in [1.54, 1.807) is 30.9 Å². The average molecular weight is 850 g/mol. The van der Waals surface area contributed by atoms with Gasteiger partial charge in [0.1, 0.15) is 12.1 Å². The Bertz CT molecular complexity index is 2360. The van der Waals surface area contributed by atoms with Gasteiger partial charge in [-0.25, -0.2) is 4.79 Å². The molecule has 6 aromatic rings. The van der Waals surface area contributed by atoms with Crippen LogP contribution >= 0.6 is 23.4 Å². The van der Waals surface area contributed by atoms with Crippen LogP contribution in [0.15, 0.2) is 164 Å². The molecule has 2 aliphatic rings. The minimum absolute atomic E-state index is 0.0459. The number of aliphatic hydroxyl groups is 1. The molecule has 0 unspecified atom stereocenters. The topological polar surface area (TPSA) is 99.2 Å². The lowest BCUT2D eigenvalue weighted by atomic mass is 9.84. The minimum Gasteiger partial charge on any atom is -0.436 e. The van der Waals surface area contributed by atoms with Crippen LogP contribution in [0.2, 0.25) is 5.02 Å². The van der Waals surface area contributed by atoms with E-state index in [4.69, 9.17) is 16.3 Å². The first kappa shape index (κ1) is 41.8. The van der Waals surface area contributed by atoms with E-state index < -0.39 is 51.7 Å². The first-order valence-corrected chi connectivity index (χ1v) is 21.7. The van der Waals surface area contributed by atoms with E-state index in [-0.39, 0.29) is 19.5 Å². The largest absolute Gasteiger partial charge is 0.436 e. The van der Waals surface area contributed by atoms with Gasteiger partial charge in [0.2, 0.25) is 11.8 Å². The van der Waals surface area contributed by atoms with Gasteiger partial charge in [0.15, 0.2) is 6.10 Å². The number of ether oxygens (including phenoxy) is 1. The highest BCUT2D eigenvalue weighted by molar-refractivity contribution is 8.02. The summed E-state index contributed by atoms with van der Waals surface area (Å²) >= 11 is 7.66. The lowest BCUT2D eigenvalue weighted by Gasteiger charge is -2.47. The fraction of sp³-hybridized carbons (Fsp3) is 0.235. The third-order valence-electron chi connectivity index (χ3n) is 11.8. The molecule has 8 rings (SSSR count). The Kier molecular flexibility index (Phi) is 12.1. The molecule has 8 nitrogen and oxygen atoms in total. The van der Waals surface area contributed by atoms with Crippen molar-refractivity contribution in [3.63, 3.8) is 0 Å². The number of β-amino-alcohol motifs (C(OH)–C–C–N with tert-alkyl or cyclic N) is 1. The third-order valence-corrected chi connectivity index (χ3v) is 13.8. The molecule has 1 fully saturated rings. The Labute approximate surface area is 366 Å². The number of nitrogens with one attached hydrogen (secondary N) is 1. The molecular weight excluding hydrogens is 802 g/mol. The number of benzene rings is 6. The summed E-state index contributed by atoms with van der Waals surface area (Å²) in [4.78, 5) is 47.3. The van der Waals surface area contributed by atoms with Gasteiger partial charge in [0, 0.05) is 47.5 Å². The van der Waals surface area contributed by atoms with E-state index in [1.165, 1.54) is 9.80 Å². The summed E-state index contributed by atoms with van der Waals surface area (Å²) in [6.07, 6.45) is -2.31. The normalized spacial score (nSPS) is 16.6. The molecule has 3 amide bonds. The fourth-order valence-corrected chi connectivity index (χ4v) is 11.0. The SMILES string of the molecule is CN(C(=O)OC1c2ccccc2-c2ccccc21)[C@H](C(=O)N1C[C@H](O)C[C@H]1C(=O)NCc1ccc(Cl)cc1)C(C)(C)SC(c1ccccc1)(c1ccccc1)c1ccccc1. The van der Waals surface area contributed by atoms with Crippen molar-refractivity contribution < 1.29 is 24.2 Å². The molecule has 3 atom stereocenters. The number of halogens is 1. The van der Waals surface area contributed by atoms with E-state index in [0.717, 1.165) is 44.5 Å². The van der Waals surface area contributed by atoms with Crippen LogP contribution in [0.25, 0.3) is 11.1 Å². The third kappa shape index (κ3) is 8.30. The summed E-state index contributed by atoms with van der Waals surface area (Å²) in [6, 6.07) is 51.2. The molecule has 0 aromatic heterocycles. The van der Waals surface area contributed by atoms with Crippen LogP contribution in [-0.4, -0.2) is 69.3 Å². The molecule has 0 saturated carbocycles. The summed E-state index contributed by atoms with van der Waals surface area (Å²) in [5, 5.41) is 14.7. The Hall–Kier alpha value is -5.87. The summed E-state index contributed by atoms with van der Waals surface area (Å²) in [7, 11) is 1.59. The zero-order valence-corrected chi connectivity index (χ0v) is 35.9. The number of hydrogen-bond donors (Lipinski definition) is 2. The van der Waals surface area contributed by atoms with Gasteiger partial charge in [-0.15, -0.1) is 11.8 Å². The van der Waals surface area contributed by atoms with Crippen molar-refractivity contribution in [3.05, 3.63) is 202 Å². The van der Waals surface area contributed by atoms with Crippen LogP contribution in [0, 0.1) is 0 Å². The van der Waals surface area contributed by atoms with Gasteiger partial charge in [0.05, 0.1) is 10.9 Å². The van der Waals surface area contributed by atoms with Crippen LogP contribution in [-0.2, 0) is 25.6 Å². The number of amides is 3. The average Bonchev–Trinajstić information content (AvgIpc) is 3.83. The molecular formula is C51H48ClN3O5S. The van der Waals surface area contributed by atoms with Crippen LogP contribution in [0.1, 0.15) is 59.8 Å². The number of carbonyl (C=O) groups is 3. The Morgan fingerprint density at radius 3 is 1.74 bits per heavy atom. The maximum atomic E-state index is 15.6. The summed E-state index contributed by atoms with van der Waals surface area (Å²) in [6.45, 7) is 4.06. The highest BCUT2D eigenvalue weighted by Gasteiger charge is 2.53. The molecule has 1 aliphatic carbocycles. The molecule has 0 radical (unpaired) electrons. The van der Waals surface area contributed by atoms with E-state index in [9.17, 15) is 14.7 Å². The fourth-order valence-electron chi connectivity index (χ4n) is 8.97. The lowest BCUT2D eigenvalue weighted by molar-refractivity contribution is -0.143. The molecule has 10 heteroatoms. The second-order valence-electron chi connectivity index (χ2n) is 16.2. The first-order valence-electron chi connectivity index (χ1n) is 20.5. The number of likely N-dealkylation sites (tertiary alicyclic amines) is 1. The van der Waals surface area contributed by atoms with Crippen LogP contribution in [0.3, 0.4) is 0 Å². The van der Waals surface area contributed by atoms with E-state index >= 15 is 4.79 Å². The summed E-state index contributed by atoms with van der Waals surface area (Å²) in [5.74, 6) is -0.879. The van der Waals surface area contributed by atoms with Crippen LogP contribution in [0.5, 0.6) is 0 Å². The van der Waals surface area contributed by atoms with Gasteiger partial charge in [-0.1, -0.05) is 163 Å². The van der Waals surface area contributed by atoms with Crippen molar-refractivity contribution in [3.8, 4) is 11.1 Å². The number of fused-ring (bicyclic) bond motifs is 3. The second kappa shape index (κ2) is 17.6. The molecule has 61 heavy (non-hydrogen) atoms. The maximum Gasteiger partial charge on any atom is 0.411 e. The molecule has 0 bridgehead atoms. The van der Waals surface area contributed by atoms with Gasteiger partial charge in [-0.3, -0.25) is 14.5 Å². The predicted octanol–water partition coefficient (Wildman–Crippen LogP) is 9.63. The number of likely N-dealkylation sites (N-methyl/N-ethyl adjacent to an activating group) is 1. The highest BCUT2D eigenvalue weighted by atomic mass is 35.5. The lowest BCUT2D eigenvalue weighted by Crippen LogP contribution is -2.61. The van der Waals surface area contributed by atoms with Gasteiger partial charge in [-0.2, -0.15) is 0 Å². The second-order valence-corrected chi connectivity index (χ2v) is 18.5. The van der Waals surface area contributed by atoms with Gasteiger partial charge in [0.25, 0.3) is 0 Å². The van der Waals surface area contributed by atoms with Crippen molar-refractivity contribution in [2.75, 3.05) is 13.6 Å². The molecule has 1 heterocycles. The standard InChI is InChI=1S/C51H48ClN3O5S/c1-50(2,61-51(35-17-7-4-8-18-35,36-19-9-5-10-20-36)37-21-11-6-12-22-37)46(48(58)55-33-39(56)31-44(55)47(57)53-32-34-27-29-38(52)30-28-34)54(3)49(59)60-45-42-25-15-13-23-40(42)41-24-14-16-26-43(41)45/h4-30,39,44-46,56H,31-33H2,1-3H3,(H,53,57)/t39-,44+,46-/m1/s1. The molecule has 310 valence electrons. The number of rotatable bonds is 12. The Morgan fingerprint density at radius 1 is 0.754 bits per heavy atom. The Morgan fingerprint density at radius 2 is 1.23 bits per heavy atom. The highest BCUT2D eigenvalue weighted by Crippen LogP contribution is 2.55. The summed E-state index contributed by atoms with van der Waals surface area (Å²) in [5.41, 5.74) is 7.47. The molecule has 1 saturated heterocycles. The summed E-state index contributed by atoms with van der Waals surface area (Å²) < 4.78 is 4.50. The quantitative estimate of drug-likeness (QED) is 0.119. The van der Waals surface area contributed by atoms with Crippen molar-refractivity contribution in [1.82, 2.24) is 15.1 Å². The van der Waals surface area contributed by atoms with Crippen molar-refractivity contribution >= 4 is 41.3 Å². The minimum atomic E-state index is -1.19. The van der Waals surface area contributed by atoms with E-state index in [2.05, 4.69) is 41.7 Å². The number of nitrogens with zero attached hydrogens (tertiary/aromatic N) is 2. The number of thioether (sulfide) groups is 1. The molecule has 2 N–H and O–H groups in total. The van der Waals surface area contributed by atoms with Crippen LogP contribution in [0.4, 0.5) is 4.79 Å². The van der Waals surface area contributed by atoms with Gasteiger partial charge < -0.3 is 20.1 Å². The van der Waals surface area contributed by atoms with E-state index in [1.807, 2.05) is 129 Å². The zero-order valence-electron chi connectivity index (χ0n) is 34.3. The van der Waals surface area contributed by atoms with Crippen molar-refractivity contribution in [2.24, 2.45) is 0 Å². The van der Waals surface area contributed by atoms with Gasteiger partial charge >= 0.3 is 6.09 Å². The number of hydrogen-bond acceptors (Lipinski definition) is 6. The smallest absolute Gasteiger partial charge is 0.411 e. The first-order chi connectivity index (χ1) is 29.5. The predicted molar refractivity (Wildman–Crippen MR) is 242 cm³/mol. The zero-order chi connectivity index (χ0) is 42.7. The van der Waals surface area contributed by atoms with Crippen molar-refractivity contribution in [2.45, 2.75) is 60.6 Å².